The normalized spacial score (nSPS) is 15.7. The van der Waals surface area contributed by atoms with Gasteiger partial charge in [0.1, 0.15) is 18.1 Å². The first-order valence-corrected chi connectivity index (χ1v) is 10.3. The van der Waals surface area contributed by atoms with Gasteiger partial charge in [0.05, 0.1) is 6.10 Å². The molecule has 2 aromatic rings. The first-order chi connectivity index (χ1) is 14.1. The number of benzene rings is 1. The minimum atomic E-state index is -0.415. The molecule has 0 spiro atoms. The third-order valence-corrected chi connectivity index (χ3v) is 4.78. The van der Waals surface area contributed by atoms with Gasteiger partial charge in [-0.2, -0.15) is 0 Å². The van der Waals surface area contributed by atoms with Crippen LogP contribution in [0.5, 0.6) is 5.75 Å². The summed E-state index contributed by atoms with van der Waals surface area (Å²) in [6.45, 7) is 3.80. The van der Waals surface area contributed by atoms with E-state index >= 15 is 0 Å². The number of amides is 1. The van der Waals surface area contributed by atoms with E-state index in [9.17, 15) is 4.79 Å². The smallest absolute Gasteiger partial charge is 0.305 e. The highest BCUT2D eigenvalue weighted by Gasteiger charge is 2.16. The summed E-state index contributed by atoms with van der Waals surface area (Å²) in [7, 11) is 0. The van der Waals surface area contributed by atoms with E-state index in [4.69, 9.17) is 26.1 Å². The molecule has 0 saturated carbocycles. The molecule has 1 aromatic carbocycles. The lowest BCUT2D eigenvalue weighted by Gasteiger charge is -2.14. The van der Waals surface area contributed by atoms with Gasteiger partial charge in [-0.05, 0) is 61.3 Å². The van der Waals surface area contributed by atoms with Crippen LogP contribution >= 0.6 is 12.2 Å². The van der Waals surface area contributed by atoms with Crippen LogP contribution in [0.3, 0.4) is 0 Å². The first-order valence-electron chi connectivity index (χ1n) is 9.90. The number of thiocarbonyl (C=S) groups is 1. The van der Waals surface area contributed by atoms with Gasteiger partial charge < -0.3 is 19.2 Å². The van der Waals surface area contributed by atoms with E-state index in [1.54, 1.807) is 12.1 Å². The van der Waals surface area contributed by atoms with Gasteiger partial charge in [-0.3, -0.25) is 15.6 Å². The molecule has 2 heterocycles. The third-order valence-electron chi connectivity index (χ3n) is 4.53. The molecule has 0 bridgehead atoms. The molecule has 1 aromatic heterocycles. The van der Waals surface area contributed by atoms with Crippen LogP contribution in [0.15, 0.2) is 40.8 Å². The number of hydrogen-bond acceptors (Lipinski definition) is 5. The summed E-state index contributed by atoms with van der Waals surface area (Å²) in [5, 5.41) is 3.35. The van der Waals surface area contributed by atoms with E-state index in [0.717, 1.165) is 38.0 Å². The van der Waals surface area contributed by atoms with Gasteiger partial charge in [-0.1, -0.05) is 25.5 Å². The molecule has 0 unspecified atom stereocenters. The summed E-state index contributed by atoms with van der Waals surface area (Å²) >= 11 is 5.14. The minimum Gasteiger partial charge on any atom is -0.486 e. The Balaban J connectivity index is 1.39. The zero-order valence-electron chi connectivity index (χ0n) is 16.5. The van der Waals surface area contributed by atoms with E-state index < -0.39 is 5.91 Å². The Morgan fingerprint density at radius 3 is 2.76 bits per heavy atom. The monoisotopic (exact) mass is 417 g/mol. The van der Waals surface area contributed by atoms with Crippen LogP contribution in [-0.2, 0) is 17.8 Å². The van der Waals surface area contributed by atoms with Gasteiger partial charge in [-0.25, -0.2) is 0 Å². The van der Waals surface area contributed by atoms with Gasteiger partial charge in [0.25, 0.3) is 0 Å². The van der Waals surface area contributed by atoms with E-state index in [0.29, 0.717) is 17.4 Å². The fourth-order valence-electron chi connectivity index (χ4n) is 3.00. The molecule has 3 rings (SSSR count). The maximum atomic E-state index is 12.2. The van der Waals surface area contributed by atoms with Crippen molar-refractivity contribution < 1.29 is 18.7 Å². The zero-order chi connectivity index (χ0) is 20.5. The summed E-state index contributed by atoms with van der Waals surface area (Å²) in [6.07, 6.45) is 4.42. The molecular weight excluding hydrogens is 390 g/mol. The second-order valence-corrected chi connectivity index (χ2v) is 7.28. The number of aryl methyl sites for hydroxylation is 1. The van der Waals surface area contributed by atoms with Gasteiger partial charge in [0, 0.05) is 13.2 Å². The van der Waals surface area contributed by atoms with Crippen molar-refractivity contribution in [3.05, 3.63) is 53.5 Å². The highest BCUT2D eigenvalue weighted by Crippen LogP contribution is 2.16. The lowest BCUT2D eigenvalue weighted by molar-refractivity contribution is 0.0911. The van der Waals surface area contributed by atoms with Crippen LogP contribution in [0.25, 0.3) is 0 Å². The summed E-state index contributed by atoms with van der Waals surface area (Å²) < 4.78 is 16.8. The van der Waals surface area contributed by atoms with Crippen LogP contribution < -0.4 is 20.9 Å². The van der Waals surface area contributed by atoms with Crippen molar-refractivity contribution in [2.45, 2.75) is 45.3 Å². The molecular formula is C21H27N3O4S. The second-order valence-electron chi connectivity index (χ2n) is 6.87. The minimum absolute atomic E-state index is 0.168. The zero-order valence-corrected chi connectivity index (χ0v) is 17.3. The number of furan rings is 1. The van der Waals surface area contributed by atoms with Gasteiger partial charge in [0.2, 0.25) is 0 Å². The van der Waals surface area contributed by atoms with Crippen molar-refractivity contribution in [3.63, 3.8) is 0 Å². The summed E-state index contributed by atoms with van der Waals surface area (Å²) in [5.41, 5.74) is 6.46. The molecule has 1 aliphatic rings. The highest BCUT2D eigenvalue weighted by atomic mass is 32.1. The van der Waals surface area contributed by atoms with Crippen molar-refractivity contribution in [1.29, 1.82) is 0 Å². The molecule has 1 fully saturated rings. The predicted molar refractivity (Wildman–Crippen MR) is 114 cm³/mol. The third kappa shape index (κ3) is 6.76. The Bertz CT molecular complexity index is 801. The van der Waals surface area contributed by atoms with Crippen molar-refractivity contribution in [2.75, 3.05) is 13.2 Å². The number of nitrogens with one attached hydrogen (secondary N) is 3. The quantitative estimate of drug-likeness (QED) is 0.450. The first kappa shape index (κ1) is 21.1. The number of hydrogen-bond donors (Lipinski definition) is 3. The number of carbonyl (C=O) groups excluding carboxylic acids is 1. The molecule has 0 radical (unpaired) electrons. The fourth-order valence-corrected chi connectivity index (χ4v) is 3.14. The Morgan fingerprint density at radius 1 is 1.21 bits per heavy atom. The largest absolute Gasteiger partial charge is 0.486 e. The number of carbonyl (C=O) groups is 1. The van der Waals surface area contributed by atoms with Crippen molar-refractivity contribution in [3.8, 4) is 5.75 Å². The van der Waals surface area contributed by atoms with Crippen molar-refractivity contribution in [2.24, 2.45) is 0 Å². The molecule has 8 heteroatoms. The molecule has 1 aliphatic heterocycles. The van der Waals surface area contributed by atoms with Gasteiger partial charge >= 0.3 is 5.91 Å². The predicted octanol–water partition coefficient (Wildman–Crippen LogP) is 3.10. The van der Waals surface area contributed by atoms with Crippen LogP contribution in [0.1, 0.15) is 48.1 Å². The van der Waals surface area contributed by atoms with E-state index in [1.165, 1.54) is 5.56 Å². The summed E-state index contributed by atoms with van der Waals surface area (Å²) in [4.78, 5) is 12.2. The Kier molecular flexibility index (Phi) is 7.89. The van der Waals surface area contributed by atoms with Crippen molar-refractivity contribution >= 4 is 23.2 Å². The van der Waals surface area contributed by atoms with Crippen molar-refractivity contribution in [1.82, 2.24) is 16.2 Å². The number of ether oxygens (including phenoxy) is 2. The van der Waals surface area contributed by atoms with Gasteiger partial charge in [0.15, 0.2) is 10.9 Å². The highest BCUT2D eigenvalue weighted by molar-refractivity contribution is 7.80. The van der Waals surface area contributed by atoms with Gasteiger partial charge in [-0.15, -0.1) is 0 Å². The lowest BCUT2D eigenvalue weighted by atomic mass is 10.1. The fraction of sp³-hybridized carbons (Fsp3) is 0.429. The van der Waals surface area contributed by atoms with E-state index in [1.807, 2.05) is 12.1 Å². The van der Waals surface area contributed by atoms with Crippen LogP contribution in [0, 0.1) is 0 Å². The molecule has 1 amide bonds. The van der Waals surface area contributed by atoms with Crippen LogP contribution in [0.2, 0.25) is 0 Å². The average Bonchev–Trinajstić information content (AvgIpc) is 3.42. The number of hydrazine groups is 1. The maximum Gasteiger partial charge on any atom is 0.305 e. The Hall–Kier alpha value is -2.58. The maximum absolute atomic E-state index is 12.2. The second kappa shape index (κ2) is 10.8. The molecule has 156 valence electrons. The average molecular weight is 418 g/mol. The Labute approximate surface area is 176 Å². The lowest BCUT2D eigenvalue weighted by Crippen LogP contribution is -2.48. The molecule has 0 aliphatic carbocycles. The molecule has 7 nitrogen and oxygen atoms in total. The molecule has 3 N–H and O–H groups in total. The Morgan fingerprint density at radius 2 is 2.03 bits per heavy atom. The molecule has 1 atom stereocenters. The topological polar surface area (TPSA) is 84.8 Å². The molecule has 1 saturated heterocycles. The standard InChI is InChI=1S/C21H27N3O4S/c1-2-4-15-6-8-16(9-7-15)27-14-18-10-11-19(28-18)20(25)23-24-21(29)22-13-17-5-3-12-26-17/h6-11,17H,2-5,12-14H2,1H3,(H,23,25)(H2,22,24,29)/t17-/m1/s1. The van der Waals surface area contributed by atoms with Crippen LogP contribution in [0.4, 0.5) is 0 Å². The van der Waals surface area contributed by atoms with E-state index in [2.05, 4.69) is 35.2 Å². The van der Waals surface area contributed by atoms with Crippen LogP contribution in [-0.4, -0.2) is 30.3 Å². The number of rotatable bonds is 8. The summed E-state index contributed by atoms with van der Waals surface area (Å²) in [5.74, 6) is 1.08. The summed E-state index contributed by atoms with van der Waals surface area (Å²) in [6, 6.07) is 11.3. The van der Waals surface area contributed by atoms with E-state index in [-0.39, 0.29) is 18.5 Å². The SMILES string of the molecule is CCCc1ccc(OCc2ccc(C(=O)NNC(=S)NC[C@H]3CCCO3)o2)cc1. The molecule has 29 heavy (non-hydrogen) atoms.